The molecular formula is C50H39N3OS2. The fourth-order valence-electron chi connectivity index (χ4n) is 7.90. The van der Waals surface area contributed by atoms with Crippen molar-refractivity contribution in [3.8, 4) is 44.3 Å². The van der Waals surface area contributed by atoms with Crippen molar-refractivity contribution in [2.24, 2.45) is 0 Å². The number of ether oxygens (including phenoxy) is 1. The second-order valence-electron chi connectivity index (χ2n) is 15.3. The number of fused-ring (bicyclic) bond motifs is 4. The number of rotatable bonds is 7. The molecule has 9 aromatic rings. The van der Waals surface area contributed by atoms with E-state index in [1.807, 2.05) is 6.20 Å². The molecule has 4 nitrogen and oxygen atoms in total. The van der Waals surface area contributed by atoms with E-state index in [9.17, 15) is 0 Å². The van der Waals surface area contributed by atoms with E-state index in [1.54, 1.807) is 22.7 Å². The zero-order chi connectivity index (χ0) is 37.8. The SMILES string of the molecule is CC(C)(C)c1ccnc(-c2cc3sccc3c3sc(Oc4cccc(N5CN(c6c(-c7ccccc7)cccc6-c6ccccc6)c6ccccc65)c4)cc23)c1. The lowest BCUT2D eigenvalue weighted by Crippen LogP contribution is -2.24. The van der Waals surface area contributed by atoms with Gasteiger partial charge in [0.15, 0.2) is 5.06 Å². The van der Waals surface area contributed by atoms with Gasteiger partial charge in [0, 0.05) is 60.9 Å². The van der Waals surface area contributed by atoms with E-state index in [0.717, 1.165) is 33.4 Å². The molecule has 0 aliphatic carbocycles. The van der Waals surface area contributed by atoms with Crippen LogP contribution in [0.5, 0.6) is 10.8 Å². The van der Waals surface area contributed by atoms with Gasteiger partial charge in [-0.1, -0.05) is 129 Å². The average Bonchev–Trinajstić information content (AvgIpc) is 3.98. The fourth-order valence-corrected chi connectivity index (χ4v) is 9.88. The highest BCUT2D eigenvalue weighted by Gasteiger charge is 2.31. The molecule has 6 aromatic carbocycles. The van der Waals surface area contributed by atoms with Gasteiger partial charge in [-0.2, -0.15) is 0 Å². The predicted molar refractivity (Wildman–Crippen MR) is 239 cm³/mol. The van der Waals surface area contributed by atoms with Crippen molar-refractivity contribution >= 4 is 65.6 Å². The van der Waals surface area contributed by atoms with Crippen molar-refractivity contribution < 1.29 is 4.74 Å². The summed E-state index contributed by atoms with van der Waals surface area (Å²) in [6.45, 7) is 7.39. The van der Waals surface area contributed by atoms with Crippen LogP contribution in [-0.2, 0) is 5.41 Å². The van der Waals surface area contributed by atoms with E-state index >= 15 is 0 Å². The molecule has 0 saturated carbocycles. The molecule has 0 saturated heterocycles. The molecule has 1 aliphatic rings. The topological polar surface area (TPSA) is 28.6 Å². The first-order valence-electron chi connectivity index (χ1n) is 19.0. The maximum Gasteiger partial charge on any atom is 0.182 e. The summed E-state index contributed by atoms with van der Waals surface area (Å²) in [6.07, 6.45) is 1.94. The quantitative estimate of drug-likeness (QED) is 0.162. The minimum Gasteiger partial charge on any atom is -0.447 e. The number of hydrogen-bond acceptors (Lipinski definition) is 6. The molecule has 0 spiro atoms. The molecule has 0 N–H and O–H groups in total. The third-order valence-corrected chi connectivity index (χ3v) is 12.6. The van der Waals surface area contributed by atoms with Crippen molar-refractivity contribution in [3.05, 3.63) is 175 Å². The van der Waals surface area contributed by atoms with Gasteiger partial charge in [-0.15, -0.1) is 11.3 Å². The largest absolute Gasteiger partial charge is 0.447 e. The summed E-state index contributed by atoms with van der Waals surface area (Å²) < 4.78 is 9.25. The Kier molecular flexibility index (Phi) is 8.46. The van der Waals surface area contributed by atoms with E-state index in [2.05, 4.69) is 194 Å². The number of para-hydroxylation sites is 3. The Morgan fingerprint density at radius 1 is 0.607 bits per heavy atom. The van der Waals surface area contributed by atoms with Crippen LogP contribution in [0.1, 0.15) is 26.3 Å². The Labute approximate surface area is 335 Å². The van der Waals surface area contributed by atoms with Crippen molar-refractivity contribution in [2.75, 3.05) is 16.5 Å². The molecule has 0 fully saturated rings. The maximum absolute atomic E-state index is 6.77. The van der Waals surface area contributed by atoms with Gasteiger partial charge in [-0.25, -0.2) is 0 Å². The molecule has 0 radical (unpaired) electrons. The summed E-state index contributed by atoms with van der Waals surface area (Å²) in [5.74, 6) is 0.801. The summed E-state index contributed by atoms with van der Waals surface area (Å²) in [6, 6.07) is 56.4. The third-order valence-electron chi connectivity index (χ3n) is 10.7. The second kappa shape index (κ2) is 13.8. The van der Waals surface area contributed by atoms with Gasteiger partial charge in [-0.3, -0.25) is 4.98 Å². The van der Waals surface area contributed by atoms with Crippen LogP contribution in [0.15, 0.2) is 169 Å². The fraction of sp³-hybridized carbons (Fsp3) is 0.100. The lowest BCUT2D eigenvalue weighted by atomic mass is 9.87. The molecule has 0 atom stereocenters. The summed E-state index contributed by atoms with van der Waals surface area (Å²) in [5.41, 5.74) is 12.8. The molecule has 0 unspecified atom stereocenters. The highest BCUT2D eigenvalue weighted by molar-refractivity contribution is 7.23. The average molecular weight is 762 g/mol. The van der Waals surface area contributed by atoms with Crippen LogP contribution in [0, 0.1) is 0 Å². The Morgan fingerprint density at radius 2 is 1.29 bits per heavy atom. The van der Waals surface area contributed by atoms with Crippen LogP contribution in [0.25, 0.3) is 53.7 Å². The molecule has 10 rings (SSSR count). The zero-order valence-corrected chi connectivity index (χ0v) is 33.1. The van der Waals surface area contributed by atoms with Gasteiger partial charge in [-0.05, 0) is 76.0 Å². The number of nitrogens with zero attached hydrogens (tertiary/aromatic N) is 3. The molecule has 4 heterocycles. The van der Waals surface area contributed by atoms with Gasteiger partial charge >= 0.3 is 0 Å². The van der Waals surface area contributed by atoms with E-state index in [4.69, 9.17) is 9.72 Å². The molecule has 56 heavy (non-hydrogen) atoms. The molecule has 272 valence electrons. The monoisotopic (exact) mass is 761 g/mol. The number of pyridine rings is 1. The van der Waals surface area contributed by atoms with Crippen molar-refractivity contribution in [2.45, 2.75) is 26.2 Å². The highest BCUT2D eigenvalue weighted by atomic mass is 32.1. The Balaban J connectivity index is 1.03. The van der Waals surface area contributed by atoms with E-state index in [-0.39, 0.29) is 5.41 Å². The first-order valence-corrected chi connectivity index (χ1v) is 20.7. The summed E-state index contributed by atoms with van der Waals surface area (Å²) in [4.78, 5) is 9.73. The summed E-state index contributed by atoms with van der Waals surface area (Å²) in [5, 5.41) is 5.46. The first kappa shape index (κ1) is 34.3. The van der Waals surface area contributed by atoms with Crippen LogP contribution in [0.2, 0.25) is 0 Å². The number of hydrogen-bond donors (Lipinski definition) is 0. The Morgan fingerprint density at radius 3 is 2.00 bits per heavy atom. The van der Waals surface area contributed by atoms with Crippen LogP contribution >= 0.6 is 22.7 Å². The number of thiophene rings is 2. The number of anilines is 4. The summed E-state index contributed by atoms with van der Waals surface area (Å²) >= 11 is 3.47. The van der Waals surface area contributed by atoms with Gasteiger partial charge < -0.3 is 14.5 Å². The molecule has 0 bridgehead atoms. The molecule has 1 aliphatic heterocycles. The lowest BCUT2D eigenvalue weighted by Gasteiger charge is -2.27. The minimum atomic E-state index is 0.0279. The van der Waals surface area contributed by atoms with E-state index in [0.29, 0.717) is 6.67 Å². The van der Waals surface area contributed by atoms with Crippen LogP contribution in [0.3, 0.4) is 0 Å². The van der Waals surface area contributed by atoms with Crippen molar-refractivity contribution in [3.63, 3.8) is 0 Å². The normalized spacial score (nSPS) is 12.8. The van der Waals surface area contributed by atoms with Gasteiger partial charge in [0.1, 0.15) is 12.4 Å². The zero-order valence-electron chi connectivity index (χ0n) is 31.4. The minimum absolute atomic E-state index is 0.0279. The van der Waals surface area contributed by atoms with Crippen LogP contribution in [0.4, 0.5) is 22.7 Å². The maximum atomic E-state index is 6.77. The predicted octanol–water partition coefficient (Wildman–Crippen LogP) is 14.8. The van der Waals surface area contributed by atoms with Gasteiger partial charge in [0.25, 0.3) is 0 Å². The van der Waals surface area contributed by atoms with E-state index in [1.165, 1.54) is 59.4 Å². The van der Waals surface area contributed by atoms with Crippen LogP contribution in [-0.4, -0.2) is 11.7 Å². The second-order valence-corrected chi connectivity index (χ2v) is 17.2. The van der Waals surface area contributed by atoms with Crippen molar-refractivity contribution in [1.29, 1.82) is 0 Å². The first-order chi connectivity index (χ1) is 27.4. The van der Waals surface area contributed by atoms with Crippen LogP contribution < -0.4 is 14.5 Å². The smallest absolute Gasteiger partial charge is 0.182 e. The molecule has 3 aromatic heterocycles. The summed E-state index contributed by atoms with van der Waals surface area (Å²) in [7, 11) is 0. The number of benzene rings is 6. The lowest BCUT2D eigenvalue weighted by molar-refractivity contribution is 0.497. The standard InChI is InChI=1S/C50H39N3OS2/c1-50(2,3)35-24-26-51-43(28-35)41-30-46-40(25-27-55-46)49-42(41)31-47(56-49)54-37-19-12-18-36(29-37)52-32-53(45-23-11-10-22-44(45)52)48-38(33-14-6-4-7-15-33)20-13-21-39(48)34-16-8-5-9-17-34/h4-31H,32H2,1-3H3. The van der Waals surface area contributed by atoms with Crippen molar-refractivity contribution in [1.82, 2.24) is 4.98 Å². The molecular weight excluding hydrogens is 723 g/mol. The third kappa shape index (κ3) is 6.12. The van der Waals surface area contributed by atoms with Gasteiger partial charge in [0.05, 0.1) is 22.8 Å². The molecule has 6 heteroatoms. The van der Waals surface area contributed by atoms with E-state index < -0.39 is 0 Å². The Hall–Kier alpha value is -6.21. The van der Waals surface area contributed by atoms with Gasteiger partial charge in [0.2, 0.25) is 0 Å². The molecule has 0 amide bonds. The highest BCUT2D eigenvalue weighted by Crippen LogP contribution is 2.51. The Bertz CT molecular complexity index is 2810. The number of aromatic nitrogens is 1.